The summed E-state index contributed by atoms with van der Waals surface area (Å²) in [5.41, 5.74) is 1.12. The van der Waals surface area contributed by atoms with Gasteiger partial charge in [0.05, 0.1) is 11.0 Å². The van der Waals surface area contributed by atoms with Crippen LogP contribution in [0.1, 0.15) is 17.2 Å². The Hall–Kier alpha value is -4.39. The number of phenolic OH excluding ortho intramolecular Hbond substituents is 1. The highest BCUT2D eigenvalue weighted by Crippen LogP contribution is 2.36. The molecule has 4 aromatic rings. The van der Waals surface area contributed by atoms with Crippen molar-refractivity contribution in [1.29, 1.82) is 0 Å². The van der Waals surface area contributed by atoms with Gasteiger partial charge in [-0.3, -0.25) is 14.9 Å². The van der Waals surface area contributed by atoms with Crippen molar-refractivity contribution < 1.29 is 19.6 Å². The number of fused-ring (bicyclic) bond motifs is 1. The van der Waals surface area contributed by atoms with E-state index in [0.29, 0.717) is 5.56 Å². The molecule has 0 aliphatic rings. The number of aromatic hydroxyl groups is 1. The maximum absolute atomic E-state index is 12.8. The highest BCUT2D eigenvalue weighted by atomic mass is 16.6. The van der Waals surface area contributed by atoms with E-state index in [4.69, 9.17) is 4.74 Å². The van der Waals surface area contributed by atoms with Crippen molar-refractivity contribution in [2.75, 3.05) is 6.61 Å². The van der Waals surface area contributed by atoms with Gasteiger partial charge >= 0.3 is 5.69 Å². The second-order valence-electron chi connectivity index (χ2n) is 7.14. The Kier molecular flexibility index (Phi) is 5.98. The first-order chi connectivity index (χ1) is 15.5. The first-order valence-electron chi connectivity index (χ1n) is 9.95. The summed E-state index contributed by atoms with van der Waals surface area (Å²) in [4.78, 5) is 23.4. The lowest BCUT2D eigenvalue weighted by Gasteiger charge is -2.22. The molecule has 0 heterocycles. The molecule has 160 valence electrons. The van der Waals surface area contributed by atoms with Gasteiger partial charge in [0.15, 0.2) is 12.4 Å². The van der Waals surface area contributed by atoms with E-state index < -0.39 is 23.5 Å². The van der Waals surface area contributed by atoms with Crippen LogP contribution in [-0.2, 0) is 4.79 Å². The highest BCUT2D eigenvalue weighted by Gasteiger charge is 2.23. The predicted molar refractivity (Wildman–Crippen MR) is 121 cm³/mol. The smallest absolute Gasteiger partial charge is 0.310 e. The van der Waals surface area contributed by atoms with Crippen LogP contribution in [0.2, 0.25) is 0 Å². The Labute approximate surface area is 184 Å². The first kappa shape index (κ1) is 20.9. The average molecular weight is 428 g/mol. The molecule has 4 aromatic carbocycles. The Morgan fingerprint density at radius 3 is 2.41 bits per heavy atom. The van der Waals surface area contributed by atoms with Crippen LogP contribution in [0, 0.1) is 10.1 Å². The molecule has 0 bridgehead atoms. The van der Waals surface area contributed by atoms with Gasteiger partial charge in [0.2, 0.25) is 0 Å². The van der Waals surface area contributed by atoms with Crippen molar-refractivity contribution in [3.63, 3.8) is 0 Å². The van der Waals surface area contributed by atoms with Gasteiger partial charge in [0, 0.05) is 11.6 Å². The van der Waals surface area contributed by atoms with E-state index in [9.17, 15) is 20.0 Å². The number of hydrogen-bond acceptors (Lipinski definition) is 5. The summed E-state index contributed by atoms with van der Waals surface area (Å²) in [5.74, 6) is -0.418. The number of para-hydroxylation sites is 2. The van der Waals surface area contributed by atoms with Gasteiger partial charge in [-0.1, -0.05) is 72.8 Å². The van der Waals surface area contributed by atoms with Crippen LogP contribution in [0.3, 0.4) is 0 Å². The maximum Gasteiger partial charge on any atom is 0.310 e. The fourth-order valence-electron chi connectivity index (χ4n) is 3.63. The second kappa shape index (κ2) is 9.18. The van der Waals surface area contributed by atoms with Crippen LogP contribution in [-0.4, -0.2) is 22.5 Å². The van der Waals surface area contributed by atoms with Gasteiger partial charge in [-0.25, -0.2) is 0 Å². The molecule has 7 nitrogen and oxygen atoms in total. The molecule has 0 aliphatic heterocycles. The molecule has 0 saturated carbocycles. The summed E-state index contributed by atoms with van der Waals surface area (Å²) in [5, 5.41) is 26.5. The molecule has 2 N–H and O–H groups in total. The lowest BCUT2D eigenvalue weighted by molar-refractivity contribution is -0.385. The molecule has 7 heteroatoms. The molecule has 0 radical (unpaired) electrons. The highest BCUT2D eigenvalue weighted by molar-refractivity contribution is 5.89. The topological polar surface area (TPSA) is 102 Å². The van der Waals surface area contributed by atoms with Crippen molar-refractivity contribution >= 4 is 22.4 Å². The van der Waals surface area contributed by atoms with Crippen LogP contribution in [0.15, 0.2) is 91.0 Å². The molecule has 1 unspecified atom stereocenters. The Morgan fingerprint density at radius 2 is 1.62 bits per heavy atom. The number of nitrogens with zero attached hydrogens (tertiary/aromatic N) is 1. The zero-order valence-electron chi connectivity index (χ0n) is 17.0. The Morgan fingerprint density at radius 1 is 0.938 bits per heavy atom. The molecule has 0 saturated heterocycles. The van der Waals surface area contributed by atoms with Crippen LogP contribution >= 0.6 is 0 Å². The minimum Gasteiger partial charge on any atom is -0.508 e. The normalized spacial score (nSPS) is 11.6. The SMILES string of the molecule is O=C(COc1ccccc1[N+](=O)[O-])NC(c1ccccc1)c1c(O)ccc2ccccc12. The summed E-state index contributed by atoms with van der Waals surface area (Å²) in [6, 6.07) is 25.5. The number of carbonyl (C=O) groups excluding carboxylic acids is 1. The zero-order chi connectivity index (χ0) is 22.5. The number of phenols is 1. The number of benzene rings is 4. The van der Waals surface area contributed by atoms with E-state index in [2.05, 4.69) is 5.32 Å². The van der Waals surface area contributed by atoms with Crippen LogP contribution < -0.4 is 10.1 Å². The molecule has 1 amide bonds. The molecule has 0 spiro atoms. The lowest BCUT2D eigenvalue weighted by Crippen LogP contribution is -2.33. The molecule has 1 atom stereocenters. The van der Waals surface area contributed by atoms with E-state index >= 15 is 0 Å². The molecular weight excluding hydrogens is 408 g/mol. The van der Waals surface area contributed by atoms with Crippen LogP contribution in [0.5, 0.6) is 11.5 Å². The monoisotopic (exact) mass is 428 g/mol. The van der Waals surface area contributed by atoms with Crippen LogP contribution in [0.4, 0.5) is 5.69 Å². The third kappa shape index (κ3) is 4.37. The molecule has 4 rings (SSSR count). The van der Waals surface area contributed by atoms with Gasteiger partial charge in [-0.15, -0.1) is 0 Å². The van der Waals surface area contributed by atoms with E-state index in [1.807, 2.05) is 60.7 Å². The van der Waals surface area contributed by atoms with E-state index in [0.717, 1.165) is 16.3 Å². The molecule has 0 aromatic heterocycles. The number of nitrogens with one attached hydrogen (secondary N) is 1. The number of nitro benzene ring substituents is 1. The van der Waals surface area contributed by atoms with Crippen molar-refractivity contribution in [1.82, 2.24) is 5.32 Å². The number of rotatable bonds is 7. The van der Waals surface area contributed by atoms with Gasteiger partial charge in [-0.05, 0) is 28.5 Å². The quantitative estimate of drug-likeness (QED) is 0.327. The van der Waals surface area contributed by atoms with E-state index in [1.165, 1.54) is 18.2 Å². The molecule has 0 aliphatic carbocycles. The summed E-state index contributed by atoms with van der Waals surface area (Å²) >= 11 is 0. The number of carbonyl (C=O) groups is 1. The fraction of sp³-hybridized carbons (Fsp3) is 0.0800. The summed E-state index contributed by atoms with van der Waals surface area (Å²) < 4.78 is 5.43. The first-order valence-corrected chi connectivity index (χ1v) is 9.95. The summed E-state index contributed by atoms with van der Waals surface area (Å²) in [6.45, 7) is -0.417. The fourth-order valence-corrected chi connectivity index (χ4v) is 3.63. The number of amides is 1. The number of ether oxygens (including phenoxy) is 1. The summed E-state index contributed by atoms with van der Waals surface area (Å²) in [7, 11) is 0. The predicted octanol–water partition coefficient (Wildman–Crippen LogP) is 4.74. The molecular formula is C25H20N2O5. The molecule has 0 fully saturated rings. The lowest BCUT2D eigenvalue weighted by atomic mass is 9.92. The minimum atomic E-state index is -0.649. The molecule has 32 heavy (non-hydrogen) atoms. The number of hydrogen-bond donors (Lipinski definition) is 2. The minimum absolute atomic E-state index is 0.0110. The van der Waals surface area contributed by atoms with Gasteiger partial charge in [0.1, 0.15) is 5.75 Å². The Balaban J connectivity index is 1.65. The van der Waals surface area contributed by atoms with Gasteiger partial charge in [0.25, 0.3) is 5.91 Å². The number of nitro groups is 1. The van der Waals surface area contributed by atoms with E-state index in [-0.39, 0.29) is 17.2 Å². The van der Waals surface area contributed by atoms with Crippen LogP contribution in [0.25, 0.3) is 10.8 Å². The average Bonchev–Trinajstić information content (AvgIpc) is 2.82. The van der Waals surface area contributed by atoms with Gasteiger partial charge < -0.3 is 15.2 Å². The standard InChI is InChI=1S/C25H20N2O5/c28-21-15-14-17-8-4-5-11-19(17)24(21)25(18-9-2-1-3-10-18)26-23(29)16-32-22-13-7-6-12-20(22)27(30)31/h1-15,25,28H,16H2,(H,26,29). The van der Waals surface area contributed by atoms with Crippen molar-refractivity contribution in [2.24, 2.45) is 0 Å². The second-order valence-corrected chi connectivity index (χ2v) is 7.14. The largest absolute Gasteiger partial charge is 0.508 e. The third-order valence-corrected chi connectivity index (χ3v) is 5.10. The van der Waals surface area contributed by atoms with Gasteiger partial charge in [-0.2, -0.15) is 0 Å². The zero-order valence-corrected chi connectivity index (χ0v) is 17.0. The summed E-state index contributed by atoms with van der Waals surface area (Å²) in [6.07, 6.45) is 0. The Bertz CT molecular complexity index is 1270. The third-order valence-electron chi connectivity index (χ3n) is 5.10. The van der Waals surface area contributed by atoms with Crippen molar-refractivity contribution in [2.45, 2.75) is 6.04 Å². The van der Waals surface area contributed by atoms with Crippen molar-refractivity contribution in [3.05, 3.63) is 112 Å². The van der Waals surface area contributed by atoms with E-state index in [1.54, 1.807) is 12.1 Å². The maximum atomic E-state index is 12.8. The van der Waals surface area contributed by atoms with Crippen molar-refractivity contribution in [3.8, 4) is 11.5 Å².